The first-order valence-corrected chi connectivity index (χ1v) is 5.79. The highest BCUT2D eigenvalue weighted by atomic mass is 16.5. The molecule has 0 fully saturated rings. The second kappa shape index (κ2) is 5.67. The van der Waals surface area contributed by atoms with E-state index in [1.165, 1.54) is 13.8 Å². The zero-order chi connectivity index (χ0) is 13.8. The molecule has 1 aromatic rings. The van der Waals surface area contributed by atoms with Gasteiger partial charge in [-0.15, -0.1) is 0 Å². The van der Waals surface area contributed by atoms with Crippen LogP contribution in [-0.4, -0.2) is 17.0 Å². The SMILES string of the molecule is C[C@@H](C(=O)OCc1ccccc1)C(C)(C)C(=O)O. The van der Waals surface area contributed by atoms with Gasteiger partial charge in [-0.3, -0.25) is 9.59 Å². The summed E-state index contributed by atoms with van der Waals surface area (Å²) in [5.74, 6) is -2.20. The van der Waals surface area contributed by atoms with E-state index in [-0.39, 0.29) is 6.61 Å². The van der Waals surface area contributed by atoms with Gasteiger partial charge >= 0.3 is 11.9 Å². The molecule has 0 spiro atoms. The highest BCUT2D eigenvalue weighted by molar-refractivity contribution is 5.83. The van der Waals surface area contributed by atoms with Crippen molar-refractivity contribution in [3.63, 3.8) is 0 Å². The molecule has 0 bridgehead atoms. The molecule has 0 saturated carbocycles. The topological polar surface area (TPSA) is 63.6 Å². The largest absolute Gasteiger partial charge is 0.481 e. The molecule has 0 heterocycles. The maximum Gasteiger partial charge on any atom is 0.310 e. The van der Waals surface area contributed by atoms with Gasteiger partial charge in [0.25, 0.3) is 0 Å². The van der Waals surface area contributed by atoms with Gasteiger partial charge in [0.05, 0.1) is 11.3 Å². The van der Waals surface area contributed by atoms with Crippen LogP contribution < -0.4 is 0 Å². The molecule has 0 unspecified atom stereocenters. The lowest BCUT2D eigenvalue weighted by Crippen LogP contribution is -2.36. The summed E-state index contributed by atoms with van der Waals surface area (Å²) in [6, 6.07) is 9.28. The van der Waals surface area contributed by atoms with Crippen molar-refractivity contribution in [3.8, 4) is 0 Å². The third kappa shape index (κ3) is 3.32. The van der Waals surface area contributed by atoms with Crippen molar-refractivity contribution < 1.29 is 19.4 Å². The van der Waals surface area contributed by atoms with E-state index in [0.29, 0.717) is 0 Å². The number of hydrogen-bond donors (Lipinski definition) is 1. The highest BCUT2D eigenvalue weighted by Gasteiger charge is 2.39. The average Bonchev–Trinajstić information content (AvgIpc) is 2.36. The van der Waals surface area contributed by atoms with E-state index in [9.17, 15) is 9.59 Å². The van der Waals surface area contributed by atoms with Gasteiger partial charge in [-0.2, -0.15) is 0 Å². The van der Waals surface area contributed by atoms with Crippen molar-refractivity contribution in [1.29, 1.82) is 0 Å². The van der Waals surface area contributed by atoms with Crippen molar-refractivity contribution in [2.24, 2.45) is 11.3 Å². The molecule has 0 radical (unpaired) electrons. The molecule has 1 aromatic carbocycles. The Morgan fingerprint density at radius 2 is 1.83 bits per heavy atom. The lowest BCUT2D eigenvalue weighted by Gasteiger charge is -2.25. The van der Waals surface area contributed by atoms with Crippen molar-refractivity contribution in [3.05, 3.63) is 35.9 Å². The van der Waals surface area contributed by atoms with E-state index in [2.05, 4.69) is 0 Å². The van der Waals surface area contributed by atoms with Gasteiger partial charge in [0.2, 0.25) is 0 Å². The minimum Gasteiger partial charge on any atom is -0.481 e. The maximum absolute atomic E-state index is 11.8. The number of hydrogen-bond acceptors (Lipinski definition) is 3. The zero-order valence-electron chi connectivity index (χ0n) is 10.8. The molecule has 0 amide bonds. The standard InChI is InChI=1S/C14H18O4/c1-10(14(2,3)13(16)17)12(15)18-9-11-7-5-4-6-8-11/h4-8,10H,9H2,1-3H3,(H,16,17)/t10-/m0/s1. The Hall–Kier alpha value is -1.84. The summed E-state index contributed by atoms with van der Waals surface area (Å²) < 4.78 is 5.12. The average molecular weight is 250 g/mol. The predicted molar refractivity (Wildman–Crippen MR) is 66.8 cm³/mol. The maximum atomic E-state index is 11.8. The predicted octanol–water partition coefficient (Wildman–Crippen LogP) is 2.48. The van der Waals surface area contributed by atoms with Gasteiger partial charge in [-0.1, -0.05) is 37.3 Å². The van der Waals surface area contributed by atoms with Crippen LogP contribution in [0, 0.1) is 11.3 Å². The third-order valence-corrected chi connectivity index (χ3v) is 3.21. The molecule has 4 heteroatoms. The summed E-state index contributed by atoms with van der Waals surface area (Å²) in [5, 5.41) is 9.04. The normalized spacial score (nSPS) is 12.8. The fraction of sp³-hybridized carbons (Fsp3) is 0.429. The van der Waals surface area contributed by atoms with Crippen LogP contribution in [0.1, 0.15) is 26.3 Å². The Morgan fingerprint density at radius 3 is 2.33 bits per heavy atom. The Bertz CT molecular complexity index is 423. The summed E-state index contributed by atoms with van der Waals surface area (Å²) in [6.45, 7) is 4.77. The number of carboxylic acid groups (broad SMARTS) is 1. The summed E-state index contributed by atoms with van der Waals surface area (Å²) in [5.41, 5.74) is -0.250. The number of carboxylic acids is 1. The van der Waals surface area contributed by atoms with Crippen molar-refractivity contribution in [2.45, 2.75) is 27.4 Å². The fourth-order valence-corrected chi connectivity index (χ4v) is 1.33. The molecule has 98 valence electrons. The second-order valence-corrected chi connectivity index (χ2v) is 4.84. The first-order chi connectivity index (χ1) is 8.35. The molecule has 1 N–H and O–H groups in total. The van der Waals surface area contributed by atoms with Crippen LogP contribution in [0.15, 0.2) is 30.3 Å². The molecule has 18 heavy (non-hydrogen) atoms. The number of aliphatic carboxylic acids is 1. The van der Waals surface area contributed by atoms with Crippen molar-refractivity contribution >= 4 is 11.9 Å². The number of carbonyl (C=O) groups excluding carboxylic acids is 1. The van der Waals surface area contributed by atoms with Crippen molar-refractivity contribution in [1.82, 2.24) is 0 Å². The van der Waals surface area contributed by atoms with E-state index in [0.717, 1.165) is 5.56 Å². The van der Waals surface area contributed by atoms with Gasteiger partial charge < -0.3 is 9.84 Å². The molecule has 0 aliphatic heterocycles. The summed E-state index contributed by atoms with van der Waals surface area (Å²) >= 11 is 0. The van der Waals surface area contributed by atoms with Gasteiger partial charge in [-0.25, -0.2) is 0 Å². The van der Waals surface area contributed by atoms with Crippen LogP contribution in [0.25, 0.3) is 0 Å². The lowest BCUT2D eigenvalue weighted by molar-refractivity contribution is -0.163. The van der Waals surface area contributed by atoms with Crippen LogP contribution in [-0.2, 0) is 20.9 Å². The van der Waals surface area contributed by atoms with Crippen LogP contribution >= 0.6 is 0 Å². The third-order valence-electron chi connectivity index (χ3n) is 3.21. The molecule has 4 nitrogen and oxygen atoms in total. The Morgan fingerprint density at radius 1 is 1.28 bits per heavy atom. The van der Waals surface area contributed by atoms with Gasteiger partial charge in [-0.05, 0) is 19.4 Å². The van der Waals surface area contributed by atoms with Crippen molar-refractivity contribution in [2.75, 3.05) is 0 Å². The van der Waals surface area contributed by atoms with Crippen LogP contribution in [0.4, 0.5) is 0 Å². The Labute approximate surface area is 107 Å². The van der Waals surface area contributed by atoms with E-state index in [1.54, 1.807) is 6.92 Å². The lowest BCUT2D eigenvalue weighted by atomic mass is 9.80. The number of esters is 1. The zero-order valence-corrected chi connectivity index (χ0v) is 10.8. The minimum atomic E-state index is -1.13. The van der Waals surface area contributed by atoms with Gasteiger partial charge in [0.15, 0.2) is 0 Å². The number of ether oxygens (including phenoxy) is 1. The highest BCUT2D eigenvalue weighted by Crippen LogP contribution is 2.28. The first-order valence-electron chi connectivity index (χ1n) is 5.79. The van der Waals surface area contributed by atoms with E-state index in [1.807, 2.05) is 30.3 Å². The smallest absolute Gasteiger partial charge is 0.310 e. The van der Waals surface area contributed by atoms with Crippen LogP contribution in [0.3, 0.4) is 0 Å². The Kier molecular flexibility index (Phi) is 4.48. The monoisotopic (exact) mass is 250 g/mol. The molecule has 0 aromatic heterocycles. The summed E-state index contributed by atoms with van der Waals surface area (Å²) in [4.78, 5) is 22.8. The molecule has 0 aliphatic carbocycles. The quantitative estimate of drug-likeness (QED) is 0.815. The van der Waals surface area contributed by atoms with E-state index < -0.39 is 23.3 Å². The van der Waals surface area contributed by atoms with Gasteiger partial charge in [0.1, 0.15) is 6.61 Å². The molecule has 0 saturated heterocycles. The molecule has 1 atom stereocenters. The Balaban J connectivity index is 2.59. The molecule has 1 rings (SSSR count). The van der Waals surface area contributed by atoms with Gasteiger partial charge in [0, 0.05) is 0 Å². The van der Waals surface area contributed by atoms with E-state index >= 15 is 0 Å². The van der Waals surface area contributed by atoms with E-state index in [4.69, 9.17) is 9.84 Å². The van der Waals surface area contributed by atoms with Crippen LogP contribution in [0.5, 0.6) is 0 Å². The fourth-order valence-electron chi connectivity index (χ4n) is 1.33. The first kappa shape index (κ1) is 14.2. The molecule has 0 aliphatic rings. The molecular weight excluding hydrogens is 232 g/mol. The number of carbonyl (C=O) groups is 2. The summed E-state index contributed by atoms with van der Waals surface area (Å²) in [6.07, 6.45) is 0. The number of rotatable bonds is 5. The van der Waals surface area contributed by atoms with Crippen LogP contribution in [0.2, 0.25) is 0 Å². The number of benzene rings is 1. The molecular formula is C14H18O4. The second-order valence-electron chi connectivity index (χ2n) is 4.84. The minimum absolute atomic E-state index is 0.166. The summed E-state index contributed by atoms with van der Waals surface area (Å²) in [7, 11) is 0.